The molecule has 182 valence electrons. The van der Waals surface area contributed by atoms with Gasteiger partial charge in [-0.25, -0.2) is 0 Å². The van der Waals surface area contributed by atoms with Crippen molar-refractivity contribution in [3.8, 4) is 11.4 Å². The van der Waals surface area contributed by atoms with Crippen molar-refractivity contribution in [3.05, 3.63) is 133 Å². The molecule has 0 saturated carbocycles. The van der Waals surface area contributed by atoms with Gasteiger partial charge in [0, 0.05) is 53.1 Å². The Labute approximate surface area is 228 Å². The predicted octanol–water partition coefficient (Wildman–Crippen LogP) is 10.2. The molecule has 0 fully saturated rings. The number of hydrogen-bond donors (Lipinski definition) is 0. The zero-order valence-electron chi connectivity index (χ0n) is 21.0. The minimum Gasteiger partial charge on any atom is -0.307 e. The Kier molecular flexibility index (Phi) is 4.24. The number of para-hydroxylation sites is 3. The number of aromatic nitrogens is 2. The van der Waals surface area contributed by atoms with Crippen LogP contribution in [0.3, 0.4) is 0 Å². The van der Waals surface area contributed by atoms with E-state index in [1.165, 1.54) is 75.2 Å². The molecule has 9 rings (SSSR count). The average Bonchev–Trinajstić information content (AvgIpc) is 3.65. The summed E-state index contributed by atoms with van der Waals surface area (Å²) in [5, 5.41) is 7.75. The van der Waals surface area contributed by atoms with E-state index in [-0.39, 0.29) is 0 Å². The normalized spacial score (nSPS) is 12.1. The second kappa shape index (κ2) is 7.83. The first kappa shape index (κ1) is 21.1. The highest BCUT2D eigenvalue weighted by molar-refractivity contribution is 7.25. The molecule has 9 aromatic rings. The molecule has 39 heavy (non-hydrogen) atoms. The number of fused-ring (bicyclic) bond motifs is 10. The third-order valence-electron chi connectivity index (χ3n) is 8.10. The van der Waals surface area contributed by atoms with Gasteiger partial charge in [-0.2, -0.15) is 0 Å². The van der Waals surface area contributed by atoms with Crippen LogP contribution < -0.4 is 0 Å². The number of nitrogens with zero attached hydrogens (tertiary/aromatic N) is 2. The molecule has 0 radical (unpaired) electrons. The molecule has 0 aliphatic heterocycles. The van der Waals surface area contributed by atoms with Crippen LogP contribution in [0.1, 0.15) is 0 Å². The van der Waals surface area contributed by atoms with E-state index >= 15 is 0 Å². The van der Waals surface area contributed by atoms with Gasteiger partial charge in [-0.1, -0.05) is 91.0 Å². The van der Waals surface area contributed by atoms with Gasteiger partial charge in [-0.3, -0.25) is 0 Å². The number of benzene rings is 6. The van der Waals surface area contributed by atoms with Gasteiger partial charge in [0.1, 0.15) is 0 Å². The SMILES string of the molecule is c1ccc(-n2c3ccccc3c3ccc4c5ccccc5n(-c5ccc6c(c5)sc5ccccc56)c4c32)cc1. The maximum atomic E-state index is 2.48. The van der Waals surface area contributed by atoms with Crippen LogP contribution in [0.5, 0.6) is 0 Å². The van der Waals surface area contributed by atoms with Gasteiger partial charge < -0.3 is 9.13 Å². The third kappa shape index (κ3) is 2.85. The molecule has 3 aromatic heterocycles. The monoisotopic (exact) mass is 514 g/mol. The molecule has 0 spiro atoms. The lowest BCUT2D eigenvalue weighted by atomic mass is 10.1. The third-order valence-corrected chi connectivity index (χ3v) is 9.24. The van der Waals surface area contributed by atoms with Crippen molar-refractivity contribution in [2.45, 2.75) is 0 Å². The average molecular weight is 515 g/mol. The van der Waals surface area contributed by atoms with E-state index in [0.29, 0.717) is 0 Å². The summed E-state index contributed by atoms with van der Waals surface area (Å²) in [6.45, 7) is 0. The Hall–Kier alpha value is -4.86. The lowest BCUT2D eigenvalue weighted by Crippen LogP contribution is -1.98. The van der Waals surface area contributed by atoms with Crippen molar-refractivity contribution in [2.24, 2.45) is 0 Å². The van der Waals surface area contributed by atoms with Gasteiger partial charge in [0.05, 0.1) is 22.1 Å². The highest BCUT2D eigenvalue weighted by Gasteiger charge is 2.21. The number of thiophene rings is 1. The molecule has 2 nitrogen and oxygen atoms in total. The molecule has 0 saturated heterocycles. The molecule has 0 aliphatic rings. The Balaban J connectivity index is 1.50. The summed E-state index contributed by atoms with van der Waals surface area (Å²) >= 11 is 1.87. The van der Waals surface area contributed by atoms with Crippen LogP contribution in [-0.4, -0.2) is 9.13 Å². The van der Waals surface area contributed by atoms with E-state index in [1.807, 2.05) is 11.3 Å². The summed E-state index contributed by atoms with van der Waals surface area (Å²) in [7, 11) is 0. The largest absolute Gasteiger partial charge is 0.307 e. The fourth-order valence-electron chi connectivity index (χ4n) is 6.47. The lowest BCUT2D eigenvalue weighted by molar-refractivity contribution is 1.15. The summed E-state index contributed by atoms with van der Waals surface area (Å²) in [4.78, 5) is 0. The van der Waals surface area contributed by atoms with E-state index in [9.17, 15) is 0 Å². The number of rotatable bonds is 2. The van der Waals surface area contributed by atoms with Crippen LogP contribution in [-0.2, 0) is 0 Å². The quantitative estimate of drug-likeness (QED) is 0.217. The van der Waals surface area contributed by atoms with E-state index in [4.69, 9.17) is 0 Å². The Morgan fingerprint density at radius 2 is 0.872 bits per heavy atom. The van der Waals surface area contributed by atoms with Crippen LogP contribution in [0.4, 0.5) is 0 Å². The summed E-state index contributed by atoms with van der Waals surface area (Å²) in [5.41, 5.74) is 7.31. The fraction of sp³-hybridized carbons (Fsp3) is 0. The standard InChI is InChI=1S/C36H22N2S/c1-2-10-23(11-3-1)37-31-15-7-4-12-25(31)29-20-21-30-26-13-5-8-16-32(26)38(36(30)35(29)37)24-18-19-28-27-14-6-9-17-33(27)39-34(28)22-24/h1-22H. The zero-order valence-corrected chi connectivity index (χ0v) is 21.8. The van der Waals surface area contributed by atoms with E-state index in [2.05, 4.69) is 143 Å². The molecular formula is C36H22N2S. The highest BCUT2D eigenvalue weighted by Crippen LogP contribution is 2.42. The van der Waals surface area contributed by atoms with Crippen molar-refractivity contribution in [3.63, 3.8) is 0 Å². The minimum atomic E-state index is 1.17. The molecular weight excluding hydrogens is 492 g/mol. The summed E-state index contributed by atoms with van der Waals surface area (Å²) in [6, 6.07) is 48.7. The van der Waals surface area contributed by atoms with Crippen LogP contribution in [0.25, 0.3) is 75.2 Å². The second-order valence-corrected chi connectivity index (χ2v) is 11.3. The van der Waals surface area contributed by atoms with Gasteiger partial charge in [0.2, 0.25) is 0 Å². The summed E-state index contributed by atoms with van der Waals surface area (Å²) in [5.74, 6) is 0. The maximum absolute atomic E-state index is 2.48. The van der Waals surface area contributed by atoms with Gasteiger partial charge in [0.25, 0.3) is 0 Å². The van der Waals surface area contributed by atoms with Gasteiger partial charge in [-0.15, -0.1) is 11.3 Å². The lowest BCUT2D eigenvalue weighted by Gasteiger charge is -2.12. The van der Waals surface area contributed by atoms with E-state index < -0.39 is 0 Å². The second-order valence-electron chi connectivity index (χ2n) is 10.2. The van der Waals surface area contributed by atoms with Crippen molar-refractivity contribution >= 4 is 75.1 Å². The topological polar surface area (TPSA) is 9.86 Å². The van der Waals surface area contributed by atoms with Crippen LogP contribution in [0.2, 0.25) is 0 Å². The van der Waals surface area contributed by atoms with Crippen LogP contribution >= 0.6 is 11.3 Å². The Bertz CT molecular complexity index is 2390. The zero-order chi connectivity index (χ0) is 25.5. The molecule has 0 N–H and O–H groups in total. The highest BCUT2D eigenvalue weighted by atomic mass is 32.1. The predicted molar refractivity (Wildman–Crippen MR) is 168 cm³/mol. The first-order chi connectivity index (χ1) is 19.4. The van der Waals surface area contributed by atoms with Crippen LogP contribution in [0.15, 0.2) is 133 Å². The minimum absolute atomic E-state index is 1.17. The van der Waals surface area contributed by atoms with E-state index in [1.54, 1.807) is 0 Å². The maximum Gasteiger partial charge on any atom is 0.0788 e. The first-order valence-electron chi connectivity index (χ1n) is 13.3. The molecule has 0 unspecified atom stereocenters. The van der Waals surface area contributed by atoms with Gasteiger partial charge in [0.15, 0.2) is 0 Å². The molecule has 3 heteroatoms. The Morgan fingerprint density at radius 3 is 1.56 bits per heavy atom. The Morgan fingerprint density at radius 1 is 0.359 bits per heavy atom. The van der Waals surface area contributed by atoms with E-state index in [0.717, 1.165) is 0 Å². The van der Waals surface area contributed by atoms with Gasteiger partial charge in [-0.05, 0) is 42.5 Å². The summed E-state index contributed by atoms with van der Waals surface area (Å²) < 4.78 is 7.57. The molecule has 3 heterocycles. The molecule has 0 amide bonds. The van der Waals surface area contributed by atoms with Crippen LogP contribution in [0, 0.1) is 0 Å². The number of hydrogen-bond acceptors (Lipinski definition) is 1. The smallest absolute Gasteiger partial charge is 0.0788 e. The van der Waals surface area contributed by atoms with Crippen molar-refractivity contribution in [2.75, 3.05) is 0 Å². The van der Waals surface area contributed by atoms with Crippen molar-refractivity contribution < 1.29 is 0 Å². The molecule has 0 aliphatic carbocycles. The first-order valence-corrected chi connectivity index (χ1v) is 14.1. The summed E-state index contributed by atoms with van der Waals surface area (Å²) in [6.07, 6.45) is 0. The van der Waals surface area contributed by atoms with Gasteiger partial charge >= 0.3 is 0 Å². The fourth-order valence-corrected chi connectivity index (χ4v) is 7.61. The van der Waals surface area contributed by atoms with Crippen molar-refractivity contribution in [1.82, 2.24) is 9.13 Å². The van der Waals surface area contributed by atoms with Crippen molar-refractivity contribution in [1.29, 1.82) is 0 Å². The molecule has 0 atom stereocenters. The molecule has 6 aromatic carbocycles. The molecule has 0 bridgehead atoms.